The first kappa shape index (κ1) is 36.1. The van der Waals surface area contributed by atoms with Crippen molar-refractivity contribution >= 4 is 49.1 Å². The minimum absolute atomic E-state index is 0.00959. The molecule has 0 saturated carbocycles. The van der Waals surface area contributed by atoms with Crippen LogP contribution in [0.3, 0.4) is 0 Å². The highest BCUT2D eigenvalue weighted by Gasteiger charge is 2.35. The molecular weight excluding hydrogens is 700 g/mol. The molecule has 4 aromatic rings. The van der Waals surface area contributed by atoms with Gasteiger partial charge < -0.3 is 15.0 Å². The van der Waals surface area contributed by atoms with Crippen molar-refractivity contribution in [2.24, 2.45) is 0 Å². The van der Waals surface area contributed by atoms with Gasteiger partial charge in [-0.3, -0.25) is 24.0 Å². The Bertz CT molecular complexity index is 1840. The van der Waals surface area contributed by atoms with Crippen LogP contribution in [0.15, 0.2) is 106 Å². The van der Waals surface area contributed by atoms with Gasteiger partial charge in [0.15, 0.2) is 0 Å². The number of nitro benzene ring substituents is 1. The minimum atomic E-state index is -4.54. The number of amides is 2. The van der Waals surface area contributed by atoms with E-state index in [-0.39, 0.29) is 40.7 Å². The third kappa shape index (κ3) is 8.98. The van der Waals surface area contributed by atoms with Crippen molar-refractivity contribution in [1.29, 1.82) is 0 Å². The average Bonchev–Trinajstić information content (AvgIpc) is 3.08. The summed E-state index contributed by atoms with van der Waals surface area (Å²) in [5.41, 5.74) is 1.58. The standard InChI is InChI=1S/C35H37BrN4O7S/c1-4-20-37-35(42)33(21-26-8-6-5-7-9-26)38(23-27-11-13-28(36)14-12-27)34(41)24-39(29-15-17-30(47-3)18-16-29)48(45,46)31-19-10-25(2)32(22-31)40(43)44/h5-19,22,33H,4,20-21,23-24H2,1-3H3,(H,37,42). The lowest BCUT2D eigenvalue weighted by atomic mass is 10.0. The summed E-state index contributed by atoms with van der Waals surface area (Å²) >= 11 is 3.43. The molecule has 1 N–H and O–H groups in total. The number of ether oxygens (including phenoxy) is 1. The first-order chi connectivity index (χ1) is 22.9. The quantitative estimate of drug-likeness (QED) is 0.116. The van der Waals surface area contributed by atoms with Crippen molar-refractivity contribution in [2.45, 2.75) is 44.2 Å². The summed E-state index contributed by atoms with van der Waals surface area (Å²) in [6.45, 7) is 3.14. The molecule has 48 heavy (non-hydrogen) atoms. The van der Waals surface area contributed by atoms with Gasteiger partial charge in [-0.05, 0) is 66.9 Å². The average molecular weight is 738 g/mol. The van der Waals surface area contributed by atoms with Crippen molar-refractivity contribution in [1.82, 2.24) is 10.2 Å². The van der Waals surface area contributed by atoms with E-state index in [0.717, 1.165) is 26.0 Å². The monoisotopic (exact) mass is 736 g/mol. The van der Waals surface area contributed by atoms with Gasteiger partial charge >= 0.3 is 0 Å². The van der Waals surface area contributed by atoms with E-state index in [4.69, 9.17) is 4.74 Å². The smallest absolute Gasteiger partial charge is 0.273 e. The molecular formula is C35H37BrN4O7S. The zero-order valence-corrected chi connectivity index (χ0v) is 29.2. The van der Waals surface area contributed by atoms with Gasteiger partial charge in [0.1, 0.15) is 18.3 Å². The molecule has 0 aliphatic rings. The number of nitro groups is 1. The third-order valence-electron chi connectivity index (χ3n) is 7.69. The maximum absolute atomic E-state index is 14.5. The topological polar surface area (TPSA) is 139 Å². The van der Waals surface area contributed by atoms with E-state index in [1.54, 1.807) is 12.1 Å². The third-order valence-corrected chi connectivity index (χ3v) is 9.99. The number of rotatable bonds is 15. The summed E-state index contributed by atoms with van der Waals surface area (Å²) in [4.78, 5) is 40.4. The van der Waals surface area contributed by atoms with Crippen LogP contribution >= 0.6 is 15.9 Å². The Hall–Kier alpha value is -4.75. The van der Waals surface area contributed by atoms with Gasteiger partial charge in [-0.15, -0.1) is 0 Å². The molecule has 0 radical (unpaired) electrons. The van der Waals surface area contributed by atoms with Crippen LogP contribution in [0.4, 0.5) is 11.4 Å². The maximum atomic E-state index is 14.5. The first-order valence-electron chi connectivity index (χ1n) is 15.2. The first-order valence-corrected chi connectivity index (χ1v) is 17.4. The summed E-state index contributed by atoms with van der Waals surface area (Å²) in [5.74, 6) is -0.563. The van der Waals surface area contributed by atoms with Gasteiger partial charge in [-0.25, -0.2) is 8.42 Å². The molecule has 11 nitrogen and oxygen atoms in total. The summed E-state index contributed by atoms with van der Waals surface area (Å²) in [6.07, 6.45) is 0.856. The zero-order chi connectivity index (χ0) is 34.8. The Morgan fingerprint density at radius 1 is 0.958 bits per heavy atom. The number of carbonyl (C=O) groups is 2. The molecule has 4 rings (SSSR count). The summed E-state index contributed by atoms with van der Waals surface area (Å²) in [7, 11) is -3.07. The highest BCUT2D eigenvalue weighted by Crippen LogP contribution is 2.30. The van der Waals surface area contributed by atoms with E-state index < -0.39 is 33.4 Å². The van der Waals surface area contributed by atoms with Crippen LogP contribution in [-0.4, -0.2) is 56.3 Å². The molecule has 0 aromatic heterocycles. The SMILES string of the molecule is CCCNC(=O)C(Cc1ccccc1)N(Cc1ccc(Br)cc1)C(=O)CN(c1ccc(OC)cc1)S(=O)(=O)c1ccc(C)c([N+](=O)[O-])c1. The van der Waals surface area contributed by atoms with Crippen LogP contribution in [0, 0.1) is 17.0 Å². The fraction of sp³-hybridized carbons (Fsp3) is 0.257. The number of hydrogen-bond donors (Lipinski definition) is 1. The molecule has 0 aliphatic heterocycles. The number of anilines is 1. The predicted octanol–water partition coefficient (Wildman–Crippen LogP) is 6.04. The van der Waals surface area contributed by atoms with Gasteiger partial charge in [-0.1, -0.05) is 71.4 Å². The molecule has 0 saturated heterocycles. The fourth-order valence-electron chi connectivity index (χ4n) is 5.06. The predicted molar refractivity (Wildman–Crippen MR) is 187 cm³/mol. The molecule has 2 amide bonds. The second kappa shape index (κ2) is 16.4. The largest absolute Gasteiger partial charge is 0.497 e. The number of nitrogens with one attached hydrogen (secondary N) is 1. The number of methoxy groups -OCH3 is 1. The number of benzene rings is 4. The Kier molecular flexibility index (Phi) is 12.3. The van der Waals surface area contributed by atoms with Crippen molar-refractivity contribution < 1.29 is 27.7 Å². The second-order valence-corrected chi connectivity index (χ2v) is 13.8. The van der Waals surface area contributed by atoms with E-state index in [1.165, 1.54) is 43.2 Å². The molecule has 252 valence electrons. The molecule has 0 heterocycles. The summed E-state index contributed by atoms with van der Waals surface area (Å²) in [6, 6.07) is 25.2. The number of hydrogen-bond acceptors (Lipinski definition) is 7. The molecule has 0 bridgehead atoms. The maximum Gasteiger partial charge on any atom is 0.273 e. The molecule has 1 unspecified atom stereocenters. The molecule has 0 fully saturated rings. The highest BCUT2D eigenvalue weighted by atomic mass is 79.9. The number of nitrogens with zero attached hydrogens (tertiary/aromatic N) is 3. The van der Waals surface area contributed by atoms with Crippen LogP contribution in [-0.2, 0) is 32.6 Å². The van der Waals surface area contributed by atoms with Crippen molar-refractivity contribution in [3.8, 4) is 5.75 Å². The highest BCUT2D eigenvalue weighted by molar-refractivity contribution is 9.10. The van der Waals surface area contributed by atoms with Crippen molar-refractivity contribution in [3.05, 3.63) is 128 Å². The Balaban J connectivity index is 1.83. The van der Waals surface area contributed by atoms with Crippen LogP contribution in [0.2, 0.25) is 0 Å². The van der Waals surface area contributed by atoms with E-state index >= 15 is 0 Å². The van der Waals surface area contributed by atoms with E-state index in [0.29, 0.717) is 18.7 Å². The number of aryl methyl sites for hydroxylation is 1. The zero-order valence-electron chi connectivity index (χ0n) is 26.8. The molecule has 13 heteroatoms. The Morgan fingerprint density at radius 2 is 1.62 bits per heavy atom. The molecule has 0 spiro atoms. The van der Waals surface area contributed by atoms with Crippen molar-refractivity contribution in [2.75, 3.05) is 24.5 Å². The van der Waals surface area contributed by atoms with Crippen LogP contribution in [0.1, 0.15) is 30.0 Å². The van der Waals surface area contributed by atoms with E-state index in [2.05, 4.69) is 21.2 Å². The van der Waals surface area contributed by atoms with Crippen LogP contribution in [0.5, 0.6) is 5.75 Å². The van der Waals surface area contributed by atoms with Gasteiger partial charge in [0.2, 0.25) is 11.8 Å². The molecule has 0 aliphatic carbocycles. The van der Waals surface area contributed by atoms with E-state index in [1.807, 2.05) is 61.5 Å². The molecule has 1 atom stereocenters. The summed E-state index contributed by atoms with van der Waals surface area (Å²) < 4.78 is 35.5. The number of sulfonamides is 1. The van der Waals surface area contributed by atoms with E-state index in [9.17, 15) is 28.1 Å². The van der Waals surface area contributed by atoms with Gasteiger partial charge in [0, 0.05) is 35.6 Å². The minimum Gasteiger partial charge on any atom is -0.497 e. The normalized spacial score (nSPS) is 11.8. The fourth-order valence-corrected chi connectivity index (χ4v) is 6.76. The van der Waals surface area contributed by atoms with Gasteiger partial charge in [0.05, 0.1) is 22.6 Å². The van der Waals surface area contributed by atoms with Gasteiger partial charge in [-0.2, -0.15) is 0 Å². The lowest BCUT2D eigenvalue weighted by Gasteiger charge is -2.34. The number of halogens is 1. The Morgan fingerprint density at radius 3 is 2.23 bits per heavy atom. The lowest BCUT2D eigenvalue weighted by Crippen LogP contribution is -2.53. The van der Waals surface area contributed by atoms with Gasteiger partial charge in [0.25, 0.3) is 15.7 Å². The lowest BCUT2D eigenvalue weighted by molar-refractivity contribution is -0.385. The Labute approximate surface area is 288 Å². The molecule has 4 aromatic carbocycles. The summed E-state index contributed by atoms with van der Waals surface area (Å²) in [5, 5.41) is 14.6. The van der Waals surface area contributed by atoms with Crippen molar-refractivity contribution in [3.63, 3.8) is 0 Å². The van der Waals surface area contributed by atoms with Crippen LogP contribution in [0.25, 0.3) is 0 Å². The second-order valence-electron chi connectivity index (χ2n) is 11.1. The number of carbonyl (C=O) groups excluding carboxylic acids is 2. The van der Waals surface area contributed by atoms with Crippen LogP contribution < -0.4 is 14.4 Å².